The van der Waals surface area contributed by atoms with E-state index in [1.165, 1.54) is 0 Å². The van der Waals surface area contributed by atoms with Gasteiger partial charge in [0.1, 0.15) is 5.60 Å². The maximum Gasteiger partial charge on any atom is 0.410 e. The third kappa shape index (κ3) is 4.16. The lowest BCUT2D eigenvalue weighted by atomic mass is 10.1. The molecule has 0 radical (unpaired) electrons. The number of aliphatic hydroxyl groups excluding tert-OH is 1. The molecule has 1 saturated heterocycles. The first-order valence-corrected chi connectivity index (χ1v) is 6.10. The molecule has 17 heavy (non-hydrogen) atoms. The van der Waals surface area contributed by atoms with Gasteiger partial charge in [0.25, 0.3) is 0 Å². The molecule has 1 aliphatic rings. The van der Waals surface area contributed by atoms with Crippen molar-refractivity contribution < 1.29 is 19.4 Å². The number of morpholine rings is 1. The molecule has 1 aliphatic heterocycles. The zero-order chi connectivity index (χ0) is 13.1. The van der Waals surface area contributed by atoms with E-state index in [2.05, 4.69) is 0 Å². The average molecular weight is 245 g/mol. The third-order valence-electron chi connectivity index (χ3n) is 2.66. The number of ether oxygens (including phenoxy) is 2. The molecule has 1 amide bonds. The number of hydrogen-bond donors (Lipinski definition) is 1. The Morgan fingerprint density at radius 1 is 1.59 bits per heavy atom. The van der Waals surface area contributed by atoms with Gasteiger partial charge in [-0.1, -0.05) is 6.92 Å². The van der Waals surface area contributed by atoms with Crippen molar-refractivity contribution in [1.82, 2.24) is 4.90 Å². The standard InChI is InChI=1S/C12H23NO4/c1-5-10(14)9-8-16-7-6-13(9)11(15)17-12(2,3)4/h9-10,14H,5-8H2,1-4H3. The summed E-state index contributed by atoms with van der Waals surface area (Å²) >= 11 is 0. The maximum absolute atomic E-state index is 12.0. The first-order chi connectivity index (χ1) is 7.85. The van der Waals surface area contributed by atoms with Crippen LogP contribution in [0.15, 0.2) is 0 Å². The Labute approximate surface area is 103 Å². The Bertz CT molecular complexity index is 262. The van der Waals surface area contributed by atoms with E-state index in [-0.39, 0.29) is 12.1 Å². The lowest BCUT2D eigenvalue weighted by Crippen LogP contribution is -2.55. The molecule has 0 aromatic heterocycles. The molecule has 5 heteroatoms. The van der Waals surface area contributed by atoms with Gasteiger partial charge in [0.15, 0.2) is 0 Å². The highest BCUT2D eigenvalue weighted by atomic mass is 16.6. The Hall–Kier alpha value is -0.810. The Morgan fingerprint density at radius 2 is 2.24 bits per heavy atom. The molecule has 0 aliphatic carbocycles. The topological polar surface area (TPSA) is 59.0 Å². The van der Waals surface area contributed by atoms with E-state index in [4.69, 9.17) is 9.47 Å². The monoisotopic (exact) mass is 245 g/mol. The average Bonchev–Trinajstić information content (AvgIpc) is 2.25. The highest BCUT2D eigenvalue weighted by molar-refractivity contribution is 5.68. The molecule has 5 nitrogen and oxygen atoms in total. The first kappa shape index (κ1) is 14.3. The van der Waals surface area contributed by atoms with Crippen molar-refractivity contribution in [1.29, 1.82) is 0 Å². The summed E-state index contributed by atoms with van der Waals surface area (Å²) < 4.78 is 10.6. The van der Waals surface area contributed by atoms with Crippen LogP contribution in [0.3, 0.4) is 0 Å². The van der Waals surface area contributed by atoms with Crippen LogP contribution < -0.4 is 0 Å². The summed E-state index contributed by atoms with van der Waals surface area (Å²) in [7, 11) is 0. The molecule has 1 rings (SSSR count). The lowest BCUT2D eigenvalue weighted by molar-refractivity contribution is -0.0667. The molecule has 0 aromatic rings. The first-order valence-electron chi connectivity index (χ1n) is 6.10. The third-order valence-corrected chi connectivity index (χ3v) is 2.66. The SMILES string of the molecule is CCC(O)C1COCCN1C(=O)OC(C)(C)C. The fourth-order valence-corrected chi connectivity index (χ4v) is 1.76. The highest BCUT2D eigenvalue weighted by Gasteiger charge is 2.34. The van der Waals surface area contributed by atoms with Crippen molar-refractivity contribution in [3.05, 3.63) is 0 Å². The van der Waals surface area contributed by atoms with Crippen molar-refractivity contribution in [3.8, 4) is 0 Å². The Morgan fingerprint density at radius 3 is 2.76 bits per heavy atom. The molecular formula is C12H23NO4. The smallest absolute Gasteiger partial charge is 0.410 e. The summed E-state index contributed by atoms with van der Waals surface area (Å²) in [6, 6.07) is -0.302. The lowest BCUT2D eigenvalue weighted by Gasteiger charge is -2.38. The number of carbonyl (C=O) groups is 1. The van der Waals surface area contributed by atoms with Crippen molar-refractivity contribution in [3.63, 3.8) is 0 Å². The van der Waals surface area contributed by atoms with Crippen LogP contribution in [-0.4, -0.2) is 53.6 Å². The summed E-state index contributed by atoms with van der Waals surface area (Å²) in [6.07, 6.45) is -0.353. The van der Waals surface area contributed by atoms with E-state index in [9.17, 15) is 9.90 Å². The second-order valence-electron chi connectivity index (χ2n) is 5.29. The van der Waals surface area contributed by atoms with Crippen molar-refractivity contribution >= 4 is 6.09 Å². The van der Waals surface area contributed by atoms with Gasteiger partial charge in [-0.05, 0) is 27.2 Å². The normalized spacial score (nSPS) is 23.4. The second-order valence-corrected chi connectivity index (χ2v) is 5.29. The molecule has 0 saturated carbocycles. The highest BCUT2D eigenvalue weighted by Crippen LogP contribution is 2.17. The van der Waals surface area contributed by atoms with E-state index < -0.39 is 11.7 Å². The van der Waals surface area contributed by atoms with Crippen LogP contribution in [0.25, 0.3) is 0 Å². The van der Waals surface area contributed by atoms with Crippen molar-refractivity contribution in [2.24, 2.45) is 0 Å². The summed E-state index contributed by atoms with van der Waals surface area (Å²) in [6.45, 7) is 8.70. The van der Waals surface area contributed by atoms with Crippen LogP contribution in [0.1, 0.15) is 34.1 Å². The van der Waals surface area contributed by atoms with Gasteiger partial charge in [-0.15, -0.1) is 0 Å². The Balaban J connectivity index is 2.67. The number of nitrogens with zero attached hydrogens (tertiary/aromatic N) is 1. The number of rotatable bonds is 2. The van der Waals surface area contributed by atoms with E-state index in [1.807, 2.05) is 27.7 Å². The van der Waals surface area contributed by atoms with E-state index in [0.717, 1.165) is 0 Å². The van der Waals surface area contributed by atoms with Crippen LogP contribution in [0.2, 0.25) is 0 Å². The van der Waals surface area contributed by atoms with Crippen molar-refractivity contribution in [2.45, 2.75) is 51.9 Å². The largest absolute Gasteiger partial charge is 0.444 e. The molecular weight excluding hydrogens is 222 g/mol. The number of amides is 1. The fourth-order valence-electron chi connectivity index (χ4n) is 1.76. The van der Waals surface area contributed by atoms with Gasteiger partial charge >= 0.3 is 6.09 Å². The van der Waals surface area contributed by atoms with Crippen LogP contribution in [0, 0.1) is 0 Å². The molecule has 2 atom stereocenters. The van der Waals surface area contributed by atoms with Gasteiger partial charge in [-0.3, -0.25) is 4.90 Å². The summed E-state index contributed by atoms with van der Waals surface area (Å²) in [5, 5.41) is 9.87. The summed E-state index contributed by atoms with van der Waals surface area (Å²) in [5.74, 6) is 0. The maximum atomic E-state index is 12.0. The van der Waals surface area contributed by atoms with Gasteiger partial charge in [0.2, 0.25) is 0 Å². The van der Waals surface area contributed by atoms with Gasteiger partial charge in [0.05, 0.1) is 25.4 Å². The molecule has 100 valence electrons. The van der Waals surface area contributed by atoms with Gasteiger partial charge in [0, 0.05) is 6.54 Å². The van der Waals surface area contributed by atoms with Crippen LogP contribution in [0.4, 0.5) is 4.79 Å². The molecule has 1 heterocycles. The molecule has 0 bridgehead atoms. The number of hydrogen-bond acceptors (Lipinski definition) is 4. The van der Waals surface area contributed by atoms with Gasteiger partial charge in [-0.25, -0.2) is 4.79 Å². The fraction of sp³-hybridized carbons (Fsp3) is 0.917. The molecule has 0 spiro atoms. The molecule has 0 aromatic carbocycles. The van der Waals surface area contributed by atoms with Gasteiger partial charge in [-0.2, -0.15) is 0 Å². The molecule has 1 fully saturated rings. The summed E-state index contributed by atoms with van der Waals surface area (Å²) in [5.41, 5.74) is -0.517. The predicted octanol–water partition coefficient (Wildman–Crippen LogP) is 1.39. The van der Waals surface area contributed by atoms with Crippen LogP contribution >= 0.6 is 0 Å². The molecule has 1 N–H and O–H groups in total. The van der Waals surface area contributed by atoms with Gasteiger partial charge < -0.3 is 14.6 Å². The van der Waals surface area contributed by atoms with E-state index >= 15 is 0 Å². The van der Waals surface area contributed by atoms with E-state index in [1.54, 1.807) is 4.90 Å². The minimum absolute atomic E-state index is 0.302. The minimum Gasteiger partial charge on any atom is -0.444 e. The minimum atomic E-state index is -0.567. The quantitative estimate of drug-likeness (QED) is 0.798. The zero-order valence-corrected chi connectivity index (χ0v) is 11.1. The number of carbonyl (C=O) groups excluding carboxylic acids is 1. The number of aliphatic hydroxyl groups is 1. The van der Waals surface area contributed by atoms with Crippen LogP contribution in [-0.2, 0) is 9.47 Å². The van der Waals surface area contributed by atoms with Crippen molar-refractivity contribution in [2.75, 3.05) is 19.8 Å². The Kier molecular flexibility index (Phi) is 4.77. The summed E-state index contributed by atoms with van der Waals surface area (Å²) in [4.78, 5) is 13.6. The second kappa shape index (κ2) is 5.69. The van der Waals surface area contributed by atoms with E-state index in [0.29, 0.717) is 26.2 Å². The molecule has 2 unspecified atom stereocenters. The zero-order valence-electron chi connectivity index (χ0n) is 11.1. The predicted molar refractivity (Wildman–Crippen MR) is 63.8 cm³/mol. The van der Waals surface area contributed by atoms with Crippen LogP contribution in [0.5, 0.6) is 0 Å².